The Hall–Kier alpha value is -4.74. The van der Waals surface area contributed by atoms with E-state index in [1.807, 2.05) is 15.8 Å². The van der Waals surface area contributed by atoms with Crippen molar-refractivity contribution in [1.29, 1.82) is 0 Å². The van der Waals surface area contributed by atoms with E-state index in [0.717, 1.165) is 23.3 Å². The lowest BCUT2D eigenvalue weighted by molar-refractivity contribution is -0.125. The summed E-state index contributed by atoms with van der Waals surface area (Å²) in [5.41, 5.74) is 3.21. The Morgan fingerprint density at radius 1 is 1.07 bits per heavy atom. The molecule has 2 saturated heterocycles. The topological polar surface area (TPSA) is 134 Å². The quantitative estimate of drug-likeness (QED) is 0.456. The van der Waals surface area contributed by atoms with Gasteiger partial charge in [-0.25, -0.2) is 0 Å². The van der Waals surface area contributed by atoms with Crippen molar-refractivity contribution in [2.45, 2.75) is 44.3 Å². The zero-order valence-electron chi connectivity index (χ0n) is 22.2. The van der Waals surface area contributed by atoms with E-state index < -0.39 is 17.9 Å². The molecule has 0 bridgehead atoms. The smallest absolute Gasteiger partial charge is 0.264 e. The molecule has 6 rings (SSSR count). The van der Waals surface area contributed by atoms with E-state index in [9.17, 15) is 19.2 Å². The third-order valence-corrected chi connectivity index (χ3v) is 7.80. The highest BCUT2D eigenvalue weighted by Gasteiger charge is 2.45. The largest absolute Gasteiger partial charge is 0.380 e. The van der Waals surface area contributed by atoms with Gasteiger partial charge in [0, 0.05) is 56.0 Å². The summed E-state index contributed by atoms with van der Waals surface area (Å²) >= 11 is 0. The van der Waals surface area contributed by atoms with Crippen molar-refractivity contribution in [2.24, 2.45) is 7.05 Å². The van der Waals surface area contributed by atoms with E-state index in [-0.39, 0.29) is 29.0 Å². The average molecular weight is 543 g/mol. The second-order valence-electron chi connectivity index (χ2n) is 10.5. The number of amides is 4. The average Bonchev–Trinajstić information content (AvgIpc) is 3.67. The SMILES string of the molecule is C=C1CCC(N2C(=O)c3cccc(NCc4cnn(C5CCN(C(=O)c6cnn(C)c6)CC5)c4)c3C2=O)C(=O)N1. The van der Waals surface area contributed by atoms with Crippen LogP contribution in [-0.4, -0.2) is 72.1 Å². The highest BCUT2D eigenvalue weighted by atomic mass is 16.2. The number of rotatable bonds is 6. The van der Waals surface area contributed by atoms with E-state index in [4.69, 9.17) is 0 Å². The fourth-order valence-electron chi connectivity index (χ4n) is 5.66. The van der Waals surface area contributed by atoms with E-state index in [1.54, 1.807) is 48.5 Å². The highest BCUT2D eigenvalue weighted by molar-refractivity contribution is 6.25. The first-order valence-corrected chi connectivity index (χ1v) is 13.3. The van der Waals surface area contributed by atoms with E-state index in [2.05, 4.69) is 27.4 Å². The summed E-state index contributed by atoms with van der Waals surface area (Å²) in [4.78, 5) is 54.6. The van der Waals surface area contributed by atoms with Crippen LogP contribution >= 0.6 is 0 Å². The van der Waals surface area contributed by atoms with Gasteiger partial charge in [-0.05, 0) is 37.8 Å². The van der Waals surface area contributed by atoms with Crippen LogP contribution < -0.4 is 10.6 Å². The van der Waals surface area contributed by atoms with Crippen LogP contribution in [0.3, 0.4) is 0 Å². The molecule has 2 aromatic heterocycles. The van der Waals surface area contributed by atoms with E-state index >= 15 is 0 Å². The van der Waals surface area contributed by atoms with Gasteiger partial charge in [-0.2, -0.15) is 10.2 Å². The van der Waals surface area contributed by atoms with Gasteiger partial charge in [-0.1, -0.05) is 12.6 Å². The number of benzene rings is 1. The van der Waals surface area contributed by atoms with Crippen molar-refractivity contribution in [2.75, 3.05) is 18.4 Å². The fourth-order valence-corrected chi connectivity index (χ4v) is 5.66. The number of fused-ring (bicyclic) bond motifs is 1. The van der Waals surface area contributed by atoms with E-state index in [0.29, 0.717) is 49.4 Å². The number of nitrogens with zero attached hydrogens (tertiary/aromatic N) is 6. The molecule has 1 unspecified atom stereocenters. The van der Waals surface area contributed by atoms with Crippen molar-refractivity contribution >= 4 is 29.3 Å². The van der Waals surface area contributed by atoms with Gasteiger partial charge in [-0.3, -0.25) is 33.4 Å². The number of carbonyl (C=O) groups excluding carboxylic acids is 4. The van der Waals surface area contributed by atoms with Crippen molar-refractivity contribution in [3.63, 3.8) is 0 Å². The first-order valence-electron chi connectivity index (χ1n) is 13.3. The fraction of sp³-hybridized carbons (Fsp3) is 0.357. The number of nitrogens with one attached hydrogen (secondary N) is 2. The van der Waals surface area contributed by atoms with Crippen LogP contribution in [0.4, 0.5) is 5.69 Å². The lowest BCUT2D eigenvalue weighted by atomic mass is 10.0. The van der Waals surface area contributed by atoms with Crippen LogP contribution in [0.2, 0.25) is 0 Å². The molecule has 3 aromatic rings. The van der Waals surface area contributed by atoms with Gasteiger partial charge >= 0.3 is 0 Å². The maximum absolute atomic E-state index is 13.4. The molecule has 0 spiro atoms. The van der Waals surface area contributed by atoms with Crippen LogP contribution in [0.25, 0.3) is 0 Å². The minimum atomic E-state index is -0.852. The number of aromatic nitrogens is 4. The monoisotopic (exact) mass is 542 g/mol. The molecule has 206 valence electrons. The zero-order valence-corrected chi connectivity index (χ0v) is 22.2. The Kier molecular flexibility index (Phi) is 6.45. The van der Waals surface area contributed by atoms with Gasteiger partial charge in [0.25, 0.3) is 17.7 Å². The minimum absolute atomic E-state index is 0.00605. The predicted molar refractivity (Wildman–Crippen MR) is 144 cm³/mol. The zero-order chi connectivity index (χ0) is 28.0. The Bertz CT molecular complexity index is 1530. The van der Waals surface area contributed by atoms with Gasteiger partial charge in [0.15, 0.2) is 0 Å². The number of anilines is 1. The molecule has 1 atom stereocenters. The normalized spacial score (nSPS) is 19.7. The molecule has 40 heavy (non-hydrogen) atoms. The van der Waals surface area contributed by atoms with Gasteiger partial charge in [-0.15, -0.1) is 0 Å². The third-order valence-electron chi connectivity index (χ3n) is 7.80. The summed E-state index contributed by atoms with van der Waals surface area (Å²) < 4.78 is 3.56. The minimum Gasteiger partial charge on any atom is -0.380 e. The molecule has 0 aliphatic carbocycles. The summed E-state index contributed by atoms with van der Waals surface area (Å²) in [6.07, 6.45) is 9.53. The summed E-state index contributed by atoms with van der Waals surface area (Å²) in [7, 11) is 1.79. The van der Waals surface area contributed by atoms with E-state index in [1.165, 1.54) is 0 Å². The van der Waals surface area contributed by atoms with Crippen LogP contribution in [0.15, 0.2) is 55.3 Å². The molecule has 2 fully saturated rings. The Morgan fingerprint density at radius 3 is 2.60 bits per heavy atom. The van der Waals surface area contributed by atoms with Crippen molar-refractivity contribution in [3.05, 3.63) is 77.5 Å². The number of likely N-dealkylation sites (tertiary alicyclic amines) is 1. The summed E-state index contributed by atoms with van der Waals surface area (Å²) in [5.74, 6) is -1.33. The molecular weight excluding hydrogens is 512 g/mol. The molecule has 1 aromatic carbocycles. The number of aryl methyl sites for hydroxylation is 1. The molecule has 5 heterocycles. The van der Waals surface area contributed by atoms with Crippen LogP contribution in [0.5, 0.6) is 0 Å². The van der Waals surface area contributed by atoms with Crippen LogP contribution in [0.1, 0.15) is 68.4 Å². The number of hydrogen-bond acceptors (Lipinski definition) is 7. The van der Waals surface area contributed by atoms with Crippen LogP contribution in [-0.2, 0) is 18.4 Å². The number of piperidine rings is 2. The Labute approximate surface area is 230 Å². The molecule has 12 heteroatoms. The van der Waals surface area contributed by atoms with Gasteiger partial charge < -0.3 is 15.5 Å². The molecule has 0 saturated carbocycles. The molecule has 3 aliphatic rings. The highest BCUT2D eigenvalue weighted by Crippen LogP contribution is 2.33. The molecule has 4 amide bonds. The molecule has 0 radical (unpaired) electrons. The van der Waals surface area contributed by atoms with Crippen LogP contribution in [0, 0.1) is 0 Å². The first kappa shape index (κ1) is 25.5. The molecule has 12 nitrogen and oxygen atoms in total. The second-order valence-corrected chi connectivity index (χ2v) is 10.5. The maximum atomic E-state index is 13.4. The third kappa shape index (κ3) is 4.55. The predicted octanol–water partition coefficient (Wildman–Crippen LogP) is 2.09. The molecule has 3 aliphatic heterocycles. The van der Waals surface area contributed by atoms with Gasteiger partial charge in [0.05, 0.1) is 35.1 Å². The second kappa shape index (κ2) is 10.1. The summed E-state index contributed by atoms with van der Waals surface area (Å²) in [6.45, 7) is 5.45. The Balaban J connectivity index is 1.09. The maximum Gasteiger partial charge on any atom is 0.264 e. The number of carbonyl (C=O) groups is 4. The number of allylic oxidation sites excluding steroid dienone is 1. The van der Waals surface area contributed by atoms with Crippen molar-refractivity contribution in [3.8, 4) is 0 Å². The lowest BCUT2D eigenvalue weighted by Gasteiger charge is -2.31. The molecule has 2 N–H and O–H groups in total. The van der Waals surface area contributed by atoms with Crippen molar-refractivity contribution < 1.29 is 19.2 Å². The molecular formula is C28H30N8O4. The van der Waals surface area contributed by atoms with Gasteiger partial charge in [0.1, 0.15) is 6.04 Å². The van der Waals surface area contributed by atoms with Gasteiger partial charge in [0.2, 0.25) is 5.91 Å². The number of imide groups is 1. The Morgan fingerprint density at radius 2 is 1.88 bits per heavy atom. The first-order chi connectivity index (χ1) is 19.3. The number of hydrogen-bond donors (Lipinski definition) is 2. The summed E-state index contributed by atoms with van der Waals surface area (Å²) in [6, 6.07) is 4.43. The summed E-state index contributed by atoms with van der Waals surface area (Å²) in [5, 5.41) is 14.6. The lowest BCUT2D eigenvalue weighted by Crippen LogP contribution is -2.51. The van der Waals surface area contributed by atoms with Crippen molar-refractivity contribution in [1.82, 2.24) is 34.7 Å². The standard InChI is InChI=1S/C28H30N8O4/c1-17-6-7-23(25(37)32-17)36-27(39)21-4-3-5-22(24(21)28(36)40)29-12-18-13-31-35(15-18)20-8-10-34(11-9-20)26(38)19-14-30-33(2)16-19/h3-5,13-16,20,23,29H,1,6-12H2,2H3,(H,32,37).